The average Bonchev–Trinajstić information content (AvgIpc) is 2.53. The fraction of sp³-hybridized carbons (Fsp3) is 0.467. The summed E-state index contributed by atoms with van der Waals surface area (Å²) in [5.41, 5.74) is 0.881. The smallest absolute Gasteiger partial charge is 0.241 e. The van der Waals surface area contributed by atoms with Crippen LogP contribution in [0, 0.1) is 0 Å². The highest BCUT2D eigenvalue weighted by atomic mass is 16.5. The van der Waals surface area contributed by atoms with Crippen molar-refractivity contribution in [3.05, 3.63) is 24.3 Å². The van der Waals surface area contributed by atoms with Crippen LogP contribution >= 0.6 is 0 Å². The van der Waals surface area contributed by atoms with Crippen LogP contribution in [-0.4, -0.2) is 61.4 Å². The summed E-state index contributed by atoms with van der Waals surface area (Å²) < 4.78 is 5.08. The highest BCUT2D eigenvalue weighted by molar-refractivity contribution is 5.81. The molecule has 0 aromatic heterocycles. The largest absolute Gasteiger partial charge is 0.497 e. The lowest BCUT2D eigenvalue weighted by Crippen LogP contribution is -2.51. The third-order valence-corrected chi connectivity index (χ3v) is 3.61. The van der Waals surface area contributed by atoms with E-state index in [1.54, 1.807) is 23.8 Å². The van der Waals surface area contributed by atoms with Gasteiger partial charge in [-0.15, -0.1) is 0 Å². The van der Waals surface area contributed by atoms with Gasteiger partial charge in [0, 0.05) is 38.8 Å². The second-order valence-electron chi connectivity index (χ2n) is 4.97. The first-order valence-electron chi connectivity index (χ1n) is 7.01. The van der Waals surface area contributed by atoms with Crippen LogP contribution in [0.15, 0.2) is 24.3 Å². The average molecular weight is 291 g/mol. The van der Waals surface area contributed by atoms with Crippen LogP contribution in [0.2, 0.25) is 0 Å². The molecule has 1 aliphatic heterocycles. The number of ether oxygens (including phenoxy) is 1. The zero-order chi connectivity index (χ0) is 15.2. The lowest BCUT2D eigenvalue weighted by Gasteiger charge is -2.34. The zero-order valence-electron chi connectivity index (χ0n) is 12.5. The Morgan fingerprint density at radius 1 is 1.10 bits per heavy atom. The van der Waals surface area contributed by atoms with Gasteiger partial charge in [0.25, 0.3) is 0 Å². The second kappa shape index (κ2) is 6.97. The minimum atomic E-state index is 0.0500. The molecule has 1 heterocycles. The summed E-state index contributed by atoms with van der Waals surface area (Å²) in [6.45, 7) is 4.24. The minimum absolute atomic E-state index is 0.0500. The number of nitrogens with zero attached hydrogens (tertiary/aromatic N) is 2. The van der Waals surface area contributed by atoms with E-state index >= 15 is 0 Å². The van der Waals surface area contributed by atoms with E-state index in [0.717, 1.165) is 11.4 Å². The summed E-state index contributed by atoms with van der Waals surface area (Å²) >= 11 is 0. The Kier molecular flexibility index (Phi) is 5.03. The van der Waals surface area contributed by atoms with E-state index in [-0.39, 0.29) is 18.4 Å². The normalized spacial score (nSPS) is 14.8. The summed E-state index contributed by atoms with van der Waals surface area (Å²) in [5.74, 6) is 0.903. The molecular weight excluding hydrogens is 270 g/mol. The van der Waals surface area contributed by atoms with Crippen LogP contribution in [0.4, 0.5) is 5.69 Å². The molecule has 114 valence electrons. The quantitative estimate of drug-likeness (QED) is 0.891. The molecule has 1 N–H and O–H groups in total. The first-order chi connectivity index (χ1) is 10.1. The molecule has 1 aromatic carbocycles. The molecule has 0 spiro atoms. The van der Waals surface area contributed by atoms with Crippen molar-refractivity contribution < 1.29 is 14.3 Å². The van der Waals surface area contributed by atoms with Gasteiger partial charge in [0.05, 0.1) is 13.7 Å². The minimum Gasteiger partial charge on any atom is -0.497 e. The van der Waals surface area contributed by atoms with Crippen molar-refractivity contribution in [1.29, 1.82) is 0 Å². The van der Waals surface area contributed by atoms with Gasteiger partial charge in [-0.1, -0.05) is 0 Å². The SMILES string of the molecule is COc1ccc(NCC(=O)N2CCN(C(C)=O)CC2)cc1. The Hall–Kier alpha value is -2.24. The first kappa shape index (κ1) is 15.2. The van der Waals surface area contributed by atoms with Crippen molar-refractivity contribution >= 4 is 17.5 Å². The molecule has 6 heteroatoms. The van der Waals surface area contributed by atoms with Crippen molar-refractivity contribution in [2.45, 2.75) is 6.92 Å². The Balaban J connectivity index is 1.78. The van der Waals surface area contributed by atoms with Crippen LogP contribution in [0.1, 0.15) is 6.92 Å². The number of carbonyl (C=O) groups is 2. The summed E-state index contributed by atoms with van der Waals surface area (Å²) in [5, 5.41) is 3.10. The molecule has 0 aliphatic carbocycles. The van der Waals surface area contributed by atoms with E-state index in [4.69, 9.17) is 4.74 Å². The Morgan fingerprint density at radius 3 is 2.19 bits per heavy atom. The molecule has 6 nitrogen and oxygen atoms in total. The number of carbonyl (C=O) groups excluding carboxylic acids is 2. The fourth-order valence-corrected chi connectivity index (χ4v) is 2.27. The number of amides is 2. The molecule has 0 radical (unpaired) electrons. The summed E-state index contributed by atoms with van der Waals surface area (Å²) in [4.78, 5) is 26.9. The number of hydrogen-bond donors (Lipinski definition) is 1. The van der Waals surface area contributed by atoms with Gasteiger partial charge in [-0.05, 0) is 24.3 Å². The maximum atomic E-state index is 12.1. The van der Waals surface area contributed by atoms with E-state index in [1.165, 1.54) is 0 Å². The number of piperazine rings is 1. The second-order valence-corrected chi connectivity index (χ2v) is 4.97. The predicted molar refractivity (Wildman–Crippen MR) is 80.3 cm³/mol. The predicted octanol–water partition coefficient (Wildman–Crippen LogP) is 0.798. The summed E-state index contributed by atoms with van der Waals surface area (Å²) in [7, 11) is 1.62. The molecule has 1 aliphatic rings. The Morgan fingerprint density at radius 2 is 1.67 bits per heavy atom. The monoisotopic (exact) mass is 291 g/mol. The maximum absolute atomic E-state index is 12.1. The van der Waals surface area contributed by atoms with Gasteiger partial charge in [-0.2, -0.15) is 0 Å². The third kappa shape index (κ3) is 4.11. The van der Waals surface area contributed by atoms with E-state index in [1.807, 2.05) is 24.3 Å². The number of anilines is 1. The number of rotatable bonds is 4. The van der Waals surface area contributed by atoms with Crippen LogP contribution in [-0.2, 0) is 9.59 Å². The number of benzene rings is 1. The molecule has 0 unspecified atom stereocenters. The van der Waals surface area contributed by atoms with Crippen molar-refractivity contribution in [3.63, 3.8) is 0 Å². The number of methoxy groups -OCH3 is 1. The zero-order valence-corrected chi connectivity index (χ0v) is 12.5. The molecule has 21 heavy (non-hydrogen) atoms. The molecule has 2 amide bonds. The van der Waals surface area contributed by atoms with Crippen LogP contribution in [0.5, 0.6) is 5.75 Å². The van der Waals surface area contributed by atoms with Crippen molar-refractivity contribution in [2.75, 3.05) is 45.2 Å². The van der Waals surface area contributed by atoms with E-state index < -0.39 is 0 Å². The van der Waals surface area contributed by atoms with E-state index in [2.05, 4.69) is 5.32 Å². The molecular formula is C15H21N3O3. The summed E-state index contributed by atoms with van der Waals surface area (Å²) in [6, 6.07) is 7.44. The highest BCUT2D eigenvalue weighted by Crippen LogP contribution is 2.14. The summed E-state index contributed by atoms with van der Waals surface area (Å²) in [6.07, 6.45) is 0. The Labute approximate surface area is 124 Å². The first-order valence-corrected chi connectivity index (χ1v) is 7.01. The number of hydrogen-bond acceptors (Lipinski definition) is 4. The molecule has 1 saturated heterocycles. The van der Waals surface area contributed by atoms with Crippen LogP contribution < -0.4 is 10.1 Å². The molecule has 0 saturated carbocycles. The standard InChI is InChI=1S/C15H21N3O3/c1-12(19)17-7-9-18(10-8-17)15(20)11-16-13-3-5-14(21-2)6-4-13/h3-6,16H,7-11H2,1-2H3. The lowest BCUT2D eigenvalue weighted by molar-refractivity contribution is -0.137. The van der Waals surface area contributed by atoms with Crippen molar-refractivity contribution in [3.8, 4) is 5.75 Å². The van der Waals surface area contributed by atoms with Crippen molar-refractivity contribution in [2.24, 2.45) is 0 Å². The van der Waals surface area contributed by atoms with Gasteiger partial charge in [0.15, 0.2) is 0 Å². The van der Waals surface area contributed by atoms with E-state index in [9.17, 15) is 9.59 Å². The molecule has 0 bridgehead atoms. The topological polar surface area (TPSA) is 61.9 Å². The van der Waals surface area contributed by atoms with Crippen molar-refractivity contribution in [1.82, 2.24) is 9.80 Å². The number of nitrogens with one attached hydrogen (secondary N) is 1. The molecule has 1 aromatic rings. The molecule has 2 rings (SSSR count). The van der Waals surface area contributed by atoms with Gasteiger partial charge in [-0.25, -0.2) is 0 Å². The third-order valence-electron chi connectivity index (χ3n) is 3.61. The van der Waals surface area contributed by atoms with Gasteiger partial charge >= 0.3 is 0 Å². The van der Waals surface area contributed by atoms with Crippen LogP contribution in [0.25, 0.3) is 0 Å². The van der Waals surface area contributed by atoms with Gasteiger partial charge in [0.2, 0.25) is 11.8 Å². The Bertz CT molecular complexity index is 493. The van der Waals surface area contributed by atoms with E-state index in [0.29, 0.717) is 26.2 Å². The van der Waals surface area contributed by atoms with Gasteiger partial charge < -0.3 is 19.9 Å². The highest BCUT2D eigenvalue weighted by Gasteiger charge is 2.21. The van der Waals surface area contributed by atoms with Gasteiger partial charge in [0.1, 0.15) is 5.75 Å². The molecule has 0 atom stereocenters. The van der Waals surface area contributed by atoms with Crippen LogP contribution in [0.3, 0.4) is 0 Å². The van der Waals surface area contributed by atoms with Gasteiger partial charge in [-0.3, -0.25) is 9.59 Å². The fourth-order valence-electron chi connectivity index (χ4n) is 2.27. The maximum Gasteiger partial charge on any atom is 0.241 e. The molecule has 1 fully saturated rings. The lowest BCUT2D eigenvalue weighted by atomic mass is 10.3.